The van der Waals surface area contributed by atoms with Gasteiger partial charge in [0.2, 0.25) is 27.6 Å². The molecule has 0 unspecified atom stereocenters. The van der Waals surface area contributed by atoms with Crippen LogP contribution in [-0.2, 0) is 21.4 Å². The zero-order valence-corrected chi connectivity index (χ0v) is 19.0. The monoisotopic (exact) mass is 442 g/mol. The molecule has 164 valence electrons. The van der Waals surface area contributed by atoms with Gasteiger partial charge >= 0.3 is 0 Å². The van der Waals surface area contributed by atoms with E-state index in [-0.39, 0.29) is 18.3 Å². The second-order valence-corrected chi connectivity index (χ2v) is 9.51. The number of carbonyl (C=O) groups is 1. The normalized spacial score (nSPS) is 12.4. The fourth-order valence-corrected chi connectivity index (χ4v) is 4.55. The number of hydrogen-bond acceptors (Lipinski definition) is 6. The van der Waals surface area contributed by atoms with Crippen molar-refractivity contribution in [2.45, 2.75) is 33.4 Å². The van der Waals surface area contributed by atoms with Gasteiger partial charge in [-0.1, -0.05) is 41.1 Å². The van der Waals surface area contributed by atoms with Gasteiger partial charge in [0.1, 0.15) is 6.04 Å². The lowest BCUT2D eigenvalue weighted by molar-refractivity contribution is -0.131. The number of hydrogen-bond donors (Lipinski definition) is 0. The number of anilines is 1. The molecular weight excluding hydrogens is 416 g/mol. The molecule has 8 nitrogen and oxygen atoms in total. The first kappa shape index (κ1) is 22.5. The van der Waals surface area contributed by atoms with Crippen molar-refractivity contribution in [3.63, 3.8) is 0 Å². The van der Waals surface area contributed by atoms with E-state index < -0.39 is 16.1 Å². The van der Waals surface area contributed by atoms with Crippen molar-refractivity contribution in [2.75, 3.05) is 17.6 Å². The van der Waals surface area contributed by atoms with Crippen molar-refractivity contribution in [1.29, 1.82) is 0 Å². The third-order valence-electron chi connectivity index (χ3n) is 4.82. The summed E-state index contributed by atoms with van der Waals surface area (Å²) in [6.45, 7) is 5.46. The Labute approximate surface area is 182 Å². The number of amides is 1. The summed E-state index contributed by atoms with van der Waals surface area (Å²) in [7, 11) is -2.11. The molecule has 1 amide bonds. The van der Waals surface area contributed by atoms with E-state index in [1.807, 2.05) is 44.2 Å². The van der Waals surface area contributed by atoms with E-state index >= 15 is 0 Å². The fraction of sp³-hybridized carbons (Fsp3) is 0.318. The van der Waals surface area contributed by atoms with Gasteiger partial charge in [-0.2, -0.15) is 4.98 Å². The molecule has 1 atom stereocenters. The number of rotatable bonds is 7. The quantitative estimate of drug-likeness (QED) is 0.558. The number of sulfonamides is 1. The summed E-state index contributed by atoms with van der Waals surface area (Å²) in [5, 5.41) is 3.99. The molecule has 0 aliphatic rings. The largest absolute Gasteiger partial charge is 0.337 e. The molecule has 0 aliphatic heterocycles. The van der Waals surface area contributed by atoms with E-state index in [1.54, 1.807) is 32.2 Å². The van der Waals surface area contributed by atoms with Crippen LogP contribution in [0.1, 0.15) is 23.9 Å². The lowest BCUT2D eigenvalue weighted by Crippen LogP contribution is -2.48. The third kappa shape index (κ3) is 5.29. The average molecular weight is 443 g/mol. The van der Waals surface area contributed by atoms with Gasteiger partial charge in [0.15, 0.2) is 0 Å². The molecule has 9 heteroatoms. The van der Waals surface area contributed by atoms with Gasteiger partial charge < -0.3 is 9.42 Å². The van der Waals surface area contributed by atoms with Gasteiger partial charge in [-0.25, -0.2) is 8.42 Å². The summed E-state index contributed by atoms with van der Waals surface area (Å²) in [6, 6.07) is 13.8. The van der Waals surface area contributed by atoms with Gasteiger partial charge in [-0.15, -0.1) is 0 Å². The van der Waals surface area contributed by atoms with Crippen LogP contribution in [0.25, 0.3) is 11.4 Å². The van der Waals surface area contributed by atoms with Crippen molar-refractivity contribution in [2.24, 2.45) is 0 Å². The summed E-state index contributed by atoms with van der Waals surface area (Å²) in [5.41, 5.74) is 3.23. The molecule has 0 aliphatic carbocycles. The topological polar surface area (TPSA) is 96.6 Å². The minimum Gasteiger partial charge on any atom is -0.337 e. The molecule has 0 bridgehead atoms. The van der Waals surface area contributed by atoms with E-state index in [0.717, 1.165) is 27.3 Å². The molecule has 1 heterocycles. The van der Waals surface area contributed by atoms with Crippen molar-refractivity contribution in [3.8, 4) is 11.4 Å². The predicted octanol–water partition coefficient (Wildman–Crippen LogP) is 3.17. The second kappa shape index (κ2) is 8.89. The minimum atomic E-state index is -3.69. The summed E-state index contributed by atoms with van der Waals surface area (Å²) >= 11 is 0. The Hall–Kier alpha value is -3.20. The highest BCUT2D eigenvalue weighted by molar-refractivity contribution is 7.92. The molecule has 0 saturated heterocycles. The molecule has 3 rings (SSSR count). The Morgan fingerprint density at radius 3 is 2.35 bits per heavy atom. The molecule has 31 heavy (non-hydrogen) atoms. The van der Waals surface area contributed by atoms with E-state index in [9.17, 15) is 13.2 Å². The van der Waals surface area contributed by atoms with Crippen LogP contribution in [0.5, 0.6) is 0 Å². The Morgan fingerprint density at radius 2 is 1.74 bits per heavy atom. The highest BCUT2D eigenvalue weighted by atomic mass is 32.2. The fourth-order valence-electron chi connectivity index (χ4n) is 3.39. The lowest BCUT2D eigenvalue weighted by atomic mass is 10.1. The smallest absolute Gasteiger partial charge is 0.246 e. The molecule has 1 aromatic heterocycles. The van der Waals surface area contributed by atoms with Crippen LogP contribution in [0.2, 0.25) is 0 Å². The second-order valence-electron chi connectivity index (χ2n) is 7.65. The number of aromatic nitrogens is 2. The first-order valence-electron chi connectivity index (χ1n) is 9.77. The van der Waals surface area contributed by atoms with E-state index in [1.165, 1.54) is 4.90 Å². The van der Waals surface area contributed by atoms with E-state index in [2.05, 4.69) is 10.1 Å². The van der Waals surface area contributed by atoms with E-state index in [4.69, 9.17) is 4.52 Å². The molecule has 0 saturated carbocycles. The Kier molecular flexibility index (Phi) is 6.45. The molecule has 2 aromatic carbocycles. The maximum absolute atomic E-state index is 13.0. The van der Waals surface area contributed by atoms with Crippen molar-refractivity contribution in [1.82, 2.24) is 15.0 Å². The van der Waals surface area contributed by atoms with Crippen LogP contribution in [-0.4, -0.2) is 48.7 Å². The molecular formula is C22H26N4O4S. The standard InChI is InChI=1S/C22H26N4O4S/c1-15-8-6-10-18(12-15)21-23-20(30-24-21)14-25(4)22(27)17(3)26(31(5,28)29)19-11-7-9-16(2)13-19/h6-13,17H,14H2,1-5H3/t17-/m0/s1. The Balaban J connectivity index is 1.78. The highest BCUT2D eigenvalue weighted by Crippen LogP contribution is 2.23. The highest BCUT2D eigenvalue weighted by Gasteiger charge is 2.31. The number of likely N-dealkylation sites (N-methyl/N-ethyl adjacent to an activating group) is 1. The third-order valence-corrected chi connectivity index (χ3v) is 6.06. The SMILES string of the molecule is Cc1cccc(-c2noc(CN(C)C(=O)[C@H](C)N(c3cccc(C)c3)S(C)(=O)=O)n2)c1. The zero-order chi connectivity index (χ0) is 22.8. The maximum Gasteiger partial charge on any atom is 0.246 e. The number of carbonyl (C=O) groups excluding carboxylic acids is 1. The molecule has 0 N–H and O–H groups in total. The number of benzene rings is 2. The van der Waals surface area contributed by atoms with E-state index in [0.29, 0.717) is 11.5 Å². The average Bonchev–Trinajstić information content (AvgIpc) is 3.15. The maximum atomic E-state index is 13.0. The number of aryl methyl sites for hydroxylation is 2. The summed E-state index contributed by atoms with van der Waals surface area (Å²) in [5.74, 6) is 0.313. The number of nitrogens with zero attached hydrogens (tertiary/aromatic N) is 4. The molecule has 0 radical (unpaired) electrons. The van der Waals surface area contributed by atoms with Gasteiger partial charge in [-0.05, 0) is 44.5 Å². The Morgan fingerprint density at radius 1 is 1.10 bits per heavy atom. The van der Waals surface area contributed by atoms with Crippen molar-refractivity contribution in [3.05, 3.63) is 65.5 Å². The van der Waals surface area contributed by atoms with Gasteiger partial charge in [-0.3, -0.25) is 9.10 Å². The predicted molar refractivity (Wildman–Crippen MR) is 119 cm³/mol. The van der Waals surface area contributed by atoms with Crippen LogP contribution >= 0.6 is 0 Å². The van der Waals surface area contributed by atoms with Crippen molar-refractivity contribution < 1.29 is 17.7 Å². The first-order valence-corrected chi connectivity index (χ1v) is 11.6. The van der Waals surface area contributed by atoms with Crippen LogP contribution < -0.4 is 4.31 Å². The van der Waals surface area contributed by atoms with Crippen LogP contribution in [0.3, 0.4) is 0 Å². The lowest BCUT2D eigenvalue weighted by Gasteiger charge is -2.30. The summed E-state index contributed by atoms with van der Waals surface area (Å²) in [6.07, 6.45) is 1.09. The molecule has 0 spiro atoms. The van der Waals surface area contributed by atoms with Crippen LogP contribution in [0, 0.1) is 13.8 Å². The van der Waals surface area contributed by atoms with Gasteiger partial charge in [0.25, 0.3) is 0 Å². The van der Waals surface area contributed by atoms with Crippen LogP contribution in [0.4, 0.5) is 5.69 Å². The molecule has 0 fully saturated rings. The van der Waals surface area contributed by atoms with Gasteiger partial charge in [0, 0.05) is 12.6 Å². The summed E-state index contributed by atoms with van der Waals surface area (Å²) < 4.78 is 31.4. The summed E-state index contributed by atoms with van der Waals surface area (Å²) in [4.78, 5) is 18.8. The Bertz CT molecular complexity index is 1190. The molecule has 3 aromatic rings. The van der Waals surface area contributed by atoms with Gasteiger partial charge in [0.05, 0.1) is 18.5 Å². The first-order chi connectivity index (χ1) is 14.6. The minimum absolute atomic E-state index is 0.0629. The zero-order valence-electron chi connectivity index (χ0n) is 18.2. The van der Waals surface area contributed by atoms with Crippen molar-refractivity contribution >= 4 is 21.6 Å². The van der Waals surface area contributed by atoms with Crippen LogP contribution in [0.15, 0.2) is 53.1 Å².